The molecule has 3 heterocycles. The maximum Gasteiger partial charge on any atom is 0.410 e. The second-order valence-electron chi connectivity index (χ2n) is 8.58. The van der Waals surface area contributed by atoms with Crippen LogP contribution in [-0.4, -0.2) is 59.9 Å². The van der Waals surface area contributed by atoms with Crippen molar-refractivity contribution in [1.29, 1.82) is 0 Å². The molecule has 0 aliphatic carbocycles. The number of rotatable bonds is 3. The first-order valence-corrected chi connectivity index (χ1v) is 11.1. The number of nitrogens with one attached hydrogen (secondary N) is 1. The van der Waals surface area contributed by atoms with E-state index in [1.165, 1.54) is 0 Å². The minimum Gasteiger partial charge on any atom is -0.497 e. The monoisotopic (exact) mass is 486 g/mol. The van der Waals surface area contributed by atoms with Crippen LogP contribution in [0.2, 0.25) is 0 Å². The lowest BCUT2D eigenvalue weighted by atomic mass is 10.1. The normalized spacial score (nSPS) is 14.7. The second kappa shape index (κ2) is 8.42. The van der Waals surface area contributed by atoms with Crippen molar-refractivity contribution in [3.05, 3.63) is 41.0 Å². The number of nitrogens with zero attached hydrogens (tertiary/aromatic N) is 3. The van der Waals surface area contributed by atoms with Crippen LogP contribution in [-0.2, 0) is 4.74 Å². The number of methoxy groups -OCH3 is 1. The fraction of sp³-hybridized carbons (Fsp3) is 0.391. The Kier molecular flexibility index (Phi) is 5.83. The van der Waals surface area contributed by atoms with E-state index in [-0.39, 0.29) is 6.09 Å². The fourth-order valence-corrected chi connectivity index (χ4v) is 4.10. The summed E-state index contributed by atoms with van der Waals surface area (Å²) in [6, 6.07) is 10.1. The third-order valence-electron chi connectivity index (χ3n) is 5.22. The zero-order valence-corrected chi connectivity index (χ0v) is 19.8. The Labute approximate surface area is 190 Å². The first-order valence-electron chi connectivity index (χ1n) is 10.3. The zero-order valence-electron chi connectivity index (χ0n) is 18.2. The van der Waals surface area contributed by atoms with Crippen LogP contribution in [0, 0.1) is 0 Å². The van der Waals surface area contributed by atoms with Gasteiger partial charge in [-0.3, -0.25) is 0 Å². The maximum atomic E-state index is 12.5. The van der Waals surface area contributed by atoms with E-state index in [0.29, 0.717) is 26.2 Å². The smallest absolute Gasteiger partial charge is 0.410 e. The summed E-state index contributed by atoms with van der Waals surface area (Å²) in [7, 11) is 1.66. The molecule has 0 bridgehead atoms. The molecule has 0 atom stereocenters. The number of aromatic amines is 1. The van der Waals surface area contributed by atoms with Gasteiger partial charge in [-0.1, -0.05) is 0 Å². The highest BCUT2D eigenvalue weighted by Crippen LogP contribution is 2.39. The Balaban J connectivity index is 1.65. The highest BCUT2D eigenvalue weighted by atomic mass is 79.9. The van der Waals surface area contributed by atoms with Crippen molar-refractivity contribution in [3.8, 4) is 17.0 Å². The Bertz CT molecular complexity index is 1080. The average molecular weight is 487 g/mol. The summed E-state index contributed by atoms with van der Waals surface area (Å²) < 4.78 is 11.8. The zero-order chi connectivity index (χ0) is 22.2. The standard InChI is InChI=1S/C23H27BrN4O3/c1-23(2,3)31-22(29)28-11-9-27(10-12-28)20-18-13-16(24)14-25-21(18)26-19(20)15-5-7-17(30-4)8-6-15/h5-8,13-14H,9-12H2,1-4H3,(H,25,26). The lowest BCUT2D eigenvalue weighted by molar-refractivity contribution is 0.0241. The molecule has 0 spiro atoms. The summed E-state index contributed by atoms with van der Waals surface area (Å²) in [4.78, 5) is 24.6. The van der Waals surface area contributed by atoms with E-state index in [4.69, 9.17) is 9.47 Å². The molecule has 3 aromatic rings. The number of halogens is 1. The van der Waals surface area contributed by atoms with Gasteiger partial charge in [0.2, 0.25) is 0 Å². The first-order chi connectivity index (χ1) is 14.7. The second-order valence-corrected chi connectivity index (χ2v) is 9.50. The van der Waals surface area contributed by atoms with E-state index in [9.17, 15) is 4.79 Å². The van der Waals surface area contributed by atoms with Crippen molar-refractivity contribution >= 4 is 38.7 Å². The van der Waals surface area contributed by atoms with Gasteiger partial charge in [0.15, 0.2) is 0 Å². The molecule has 1 fully saturated rings. The molecule has 31 heavy (non-hydrogen) atoms. The molecule has 1 N–H and O–H groups in total. The number of piperazine rings is 1. The van der Waals surface area contributed by atoms with Crippen molar-refractivity contribution in [3.63, 3.8) is 0 Å². The van der Waals surface area contributed by atoms with Gasteiger partial charge in [0.05, 0.1) is 18.5 Å². The molecular formula is C23H27BrN4O3. The Morgan fingerprint density at radius 3 is 2.42 bits per heavy atom. The Hall–Kier alpha value is -2.74. The van der Waals surface area contributed by atoms with Gasteiger partial charge in [0, 0.05) is 47.8 Å². The molecule has 7 nitrogen and oxygen atoms in total. The number of fused-ring (bicyclic) bond motifs is 1. The van der Waals surface area contributed by atoms with Crippen LogP contribution in [0.1, 0.15) is 20.8 Å². The number of carbonyl (C=O) groups is 1. The molecule has 1 aliphatic rings. The van der Waals surface area contributed by atoms with Gasteiger partial charge in [-0.15, -0.1) is 0 Å². The number of benzene rings is 1. The number of carbonyl (C=O) groups excluding carboxylic acids is 1. The van der Waals surface area contributed by atoms with E-state index < -0.39 is 5.60 Å². The van der Waals surface area contributed by atoms with Gasteiger partial charge < -0.3 is 24.3 Å². The van der Waals surface area contributed by atoms with Gasteiger partial charge in [0.1, 0.15) is 17.0 Å². The van der Waals surface area contributed by atoms with Crippen LogP contribution in [0.5, 0.6) is 5.75 Å². The number of amides is 1. The number of aromatic nitrogens is 2. The molecule has 1 amide bonds. The molecule has 164 valence electrons. The molecule has 0 radical (unpaired) electrons. The van der Waals surface area contributed by atoms with Gasteiger partial charge in [-0.05, 0) is 67.0 Å². The van der Waals surface area contributed by atoms with Crippen LogP contribution < -0.4 is 9.64 Å². The molecule has 1 saturated heterocycles. The molecule has 1 aliphatic heterocycles. The van der Waals surface area contributed by atoms with Crippen molar-refractivity contribution in [2.45, 2.75) is 26.4 Å². The number of ether oxygens (including phenoxy) is 2. The van der Waals surface area contributed by atoms with E-state index in [1.54, 1.807) is 18.2 Å². The van der Waals surface area contributed by atoms with E-state index in [2.05, 4.69) is 36.9 Å². The number of H-pyrrole nitrogens is 1. The number of hydrogen-bond acceptors (Lipinski definition) is 5. The van der Waals surface area contributed by atoms with Gasteiger partial charge >= 0.3 is 6.09 Å². The van der Waals surface area contributed by atoms with E-state index in [0.717, 1.165) is 38.2 Å². The molecule has 0 unspecified atom stereocenters. The van der Waals surface area contributed by atoms with Crippen LogP contribution in [0.15, 0.2) is 41.0 Å². The van der Waals surface area contributed by atoms with Crippen LogP contribution in [0.3, 0.4) is 0 Å². The van der Waals surface area contributed by atoms with Crippen LogP contribution >= 0.6 is 15.9 Å². The van der Waals surface area contributed by atoms with Crippen molar-refractivity contribution in [1.82, 2.24) is 14.9 Å². The van der Waals surface area contributed by atoms with Crippen molar-refractivity contribution < 1.29 is 14.3 Å². The summed E-state index contributed by atoms with van der Waals surface area (Å²) in [5.74, 6) is 0.813. The minimum absolute atomic E-state index is 0.258. The van der Waals surface area contributed by atoms with Crippen molar-refractivity contribution in [2.24, 2.45) is 0 Å². The molecule has 2 aromatic heterocycles. The quantitative estimate of drug-likeness (QED) is 0.560. The summed E-state index contributed by atoms with van der Waals surface area (Å²) in [5, 5.41) is 1.05. The molecule has 1 aromatic carbocycles. The third-order valence-corrected chi connectivity index (χ3v) is 5.65. The summed E-state index contributed by atoms with van der Waals surface area (Å²) in [5.41, 5.74) is 3.50. The highest BCUT2D eigenvalue weighted by molar-refractivity contribution is 9.10. The summed E-state index contributed by atoms with van der Waals surface area (Å²) >= 11 is 3.55. The summed E-state index contributed by atoms with van der Waals surface area (Å²) in [6.45, 7) is 8.29. The molecule has 4 rings (SSSR count). The maximum absolute atomic E-state index is 12.5. The highest BCUT2D eigenvalue weighted by Gasteiger charge is 2.28. The van der Waals surface area contributed by atoms with Gasteiger partial charge in [-0.2, -0.15) is 0 Å². The number of hydrogen-bond donors (Lipinski definition) is 1. The van der Waals surface area contributed by atoms with E-state index in [1.807, 2.05) is 45.0 Å². The van der Waals surface area contributed by atoms with Gasteiger partial charge in [0.25, 0.3) is 0 Å². The first kappa shape index (κ1) is 21.5. The third kappa shape index (κ3) is 4.63. The fourth-order valence-electron chi connectivity index (χ4n) is 3.77. The number of anilines is 1. The topological polar surface area (TPSA) is 70.7 Å². The molecule has 0 saturated carbocycles. The summed E-state index contributed by atoms with van der Waals surface area (Å²) in [6.07, 6.45) is 1.53. The van der Waals surface area contributed by atoms with Crippen LogP contribution in [0.25, 0.3) is 22.3 Å². The Morgan fingerprint density at radius 1 is 1.13 bits per heavy atom. The molecule has 8 heteroatoms. The lowest BCUT2D eigenvalue weighted by Crippen LogP contribution is -2.50. The largest absolute Gasteiger partial charge is 0.497 e. The van der Waals surface area contributed by atoms with E-state index >= 15 is 0 Å². The average Bonchev–Trinajstić information content (AvgIpc) is 3.11. The predicted molar refractivity (Wildman–Crippen MR) is 126 cm³/mol. The SMILES string of the molecule is COc1ccc(-c2[nH]c3ncc(Br)cc3c2N2CCN(C(=O)OC(C)(C)C)CC2)cc1. The Morgan fingerprint density at radius 2 is 1.81 bits per heavy atom. The van der Waals surface area contributed by atoms with Crippen molar-refractivity contribution in [2.75, 3.05) is 38.2 Å². The lowest BCUT2D eigenvalue weighted by Gasteiger charge is -2.37. The predicted octanol–water partition coefficient (Wildman–Crippen LogP) is 5.06. The van der Waals surface area contributed by atoms with Gasteiger partial charge in [-0.25, -0.2) is 9.78 Å². The minimum atomic E-state index is -0.495. The number of pyridine rings is 1. The van der Waals surface area contributed by atoms with Crippen LogP contribution in [0.4, 0.5) is 10.5 Å². The molecular weight excluding hydrogens is 460 g/mol.